The van der Waals surface area contributed by atoms with Gasteiger partial charge in [-0.15, -0.1) is 0 Å². The molecule has 1 atom stereocenters. The third kappa shape index (κ3) is 4.09. The second kappa shape index (κ2) is 8.14. The highest BCUT2D eigenvalue weighted by molar-refractivity contribution is 7.80. The van der Waals surface area contributed by atoms with Crippen molar-refractivity contribution in [2.24, 2.45) is 5.92 Å². The van der Waals surface area contributed by atoms with Crippen LogP contribution < -0.4 is 29.6 Å². The number of hydrogen-bond acceptors (Lipinski definition) is 5. The molecule has 0 aliphatic carbocycles. The van der Waals surface area contributed by atoms with Crippen molar-refractivity contribution in [2.45, 2.75) is 26.4 Å². The third-order valence-corrected chi connectivity index (χ3v) is 5.03. The molecule has 0 fully saturated rings. The predicted octanol–water partition coefficient (Wildman–Crippen LogP) is 3.55. The molecule has 2 aromatic rings. The lowest BCUT2D eigenvalue weighted by Gasteiger charge is -2.26. The third-order valence-electron chi connectivity index (χ3n) is 4.77. The number of hydrogen-bond donors (Lipinski definition) is 2. The van der Waals surface area contributed by atoms with Gasteiger partial charge in [-0.1, -0.05) is 26.0 Å². The molecule has 4 rings (SSSR count). The summed E-state index contributed by atoms with van der Waals surface area (Å²) in [6.45, 7) is 6.37. The van der Waals surface area contributed by atoms with Gasteiger partial charge in [0.25, 0.3) is 0 Å². The van der Waals surface area contributed by atoms with Crippen molar-refractivity contribution in [3.63, 3.8) is 0 Å². The summed E-state index contributed by atoms with van der Waals surface area (Å²) in [6.07, 6.45) is 0. The number of nitrogens with one attached hydrogen (secondary N) is 2. The minimum Gasteiger partial charge on any atom is -0.486 e. The van der Waals surface area contributed by atoms with Crippen molar-refractivity contribution < 1.29 is 18.9 Å². The minimum atomic E-state index is 0.0626. The number of fused-ring (bicyclic) bond motifs is 2. The Bertz CT molecular complexity index is 871. The van der Waals surface area contributed by atoms with Crippen LogP contribution in [0.5, 0.6) is 23.0 Å². The fourth-order valence-corrected chi connectivity index (χ4v) is 3.51. The second-order valence-electron chi connectivity index (χ2n) is 7.14. The molecule has 2 aromatic carbocycles. The monoisotopic (exact) mass is 400 g/mol. The van der Waals surface area contributed by atoms with Crippen molar-refractivity contribution in [3.05, 3.63) is 47.5 Å². The van der Waals surface area contributed by atoms with Gasteiger partial charge in [-0.05, 0) is 53.5 Å². The molecule has 148 valence electrons. The van der Waals surface area contributed by atoms with Gasteiger partial charge in [0.1, 0.15) is 13.2 Å². The van der Waals surface area contributed by atoms with Gasteiger partial charge in [-0.2, -0.15) is 0 Å². The summed E-state index contributed by atoms with van der Waals surface area (Å²) in [4.78, 5) is 0. The normalized spacial score (nSPS) is 15.2. The van der Waals surface area contributed by atoms with Crippen molar-refractivity contribution in [1.82, 2.24) is 10.6 Å². The molecular formula is C21H24N2O4S. The number of benzene rings is 2. The Morgan fingerprint density at radius 1 is 0.929 bits per heavy atom. The molecule has 2 aliphatic rings. The first kappa shape index (κ1) is 18.7. The van der Waals surface area contributed by atoms with Gasteiger partial charge in [0.05, 0.1) is 6.04 Å². The maximum Gasteiger partial charge on any atom is 0.231 e. The van der Waals surface area contributed by atoms with Crippen LogP contribution in [0, 0.1) is 5.92 Å². The number of rotatable bonds is 5. The lowest BCUT2D eigenvalue weighted by atomic mass is 9.95. The summed E-state index contributed by atoms with van der Waals surface area (Å²) < 4.78 is 22.1. The number of ether oxygens (including phenoxy) is 4. The molecule has 0 saturated carbocycles. The Labute approximate surface area is 170 Å². The quantitative estimate of drug-likeness (QED) is 0.745. The smallest absolute Gasteiger partial charge is 0.231 e. The molecule has 2 heterocycles. The van der Waals surface area contributed by atoms with Crippen molar-refractivity contribution in [2.75, 3.05) is 20.0 Å². The van der Waals surface area contributed by atoms with Gasteiger partial charge in [0.2, 0.25) is 6.79 Å². The predicted molar refractivity (Wildman–Crippen MR) is 110 cm³/mol. The highest BCUT2D eigenvalue weighted by Gasteiger charge is 2.20. The first-order valence-corrected chi connectivity index (χ1v) is 9.83. The van der Waals surface area contributed by atoms with E-state index in [1.165, 1.54) is 0 Å². The van der Waals surface area contributed by atoms with Crippen LogP contribution in [0.3, 0.4) is 0 Å². The van der Waals surface area contributed by atoms with E-state index in [0.29, 0.717) is 30.8 Å². The number of thiocarbonyl (C=S) groups is 1. The Morgan fingerprint density at radius 2 is 1.61 bits per heavy atom. The molecule has 2 aliphatic heterocycles. The zero-order chi connectivity index (χ0) is 19.5. The Morgan fingerprint density at radius 3 is 2.43 bits per heavy atom. The summed E-state index contributed by atoms with van der Waals surface area (Å²) in [6, 6.07) is 12.0. The first-order valence-electron chi connectivity index (χ1n) is 9.42. The van der Waals surface area contributed by atoms with Crippen LogP contribution in [-0.2, 0) is 6.54 Å². The zero-order valence-corrected chi connectivity index (χ0v) is 16.8. The van der Waals surface area contributed by atoms with E-state index in [-0.39, 0.29) is 12.8 Å². The van der Waals surface area contributed by atoms with Crippen molar-refractivity contribution in [1.29, 1.82) is 0 Å². The van der Waals surface area contributed by atoms with E-state index >= 15 is 0 Å². The fourth-order valence-electron chi connectivity index (χ4n) is 3.31. The van der Waals surface area contributed by atoms with Gasteiger partial charge in [0, 0.05) is 6.54 Å². The van der Waals surface area contributed by atoms with E-state index in [0.717, 1.165) is 34.1 Å². The molecule has 6 nitrogen and oxygen atoms in total. The molecule has 0 aromatic heterocycles. The summed E-state index contributed by atoms with van der Waals surface area (Å²) >= 11 is 5.53. The van der Waals surface area contributed by atoms with E-state index in [1.54, 1.807) is 0 Å². The maximum absolute atomic E-state index is 5.72. The summed E-state index contributed by atoms with van der Waals surface area (Å²) in [7, 11) is 0. The van der Waals surface area contributed by atoms with Gasteiger partial charge in [0.15, 0.2) is 28.1 Å². The van der Waals surface area contributed by atoms with Crippen LogP contribution in [0.4, 0.5) is 0 Å². The molecule has 0 bridgehead atoms. The van der Waals surface area contributed by atoms with Gasteiger partial charge < -0.3 is 29.6 Å². The van der Waals surface area contributed by atoms with Gasteiger partial charge >= 0.3 is 0 Å². The molecule has 0 radical (unpaired) electrons. The van der Waals surface area contributed by atoms with Crippen LogP contribution in [0.1, 0.15) is 31.0 Å². The molecule has 2 N–H and O–H groups in total. The zero-order valence-electron chi connectivity index (χ0n) is 16.0. The van der Waals surface area contributed by atoms with E-state index < -0.39 is 0 Å². The lowest BCUT2D eigenvalue weighted by molar-refractivity contribution is 0.171. The molecule has 28 heavy (non-hydrogen) atoms. The molecule has 0 amide bonds. The summed E-state index contributed by atoms with van der Waals surface area (Å²) in [5.74, 6) is 3.47. The van der Waals surface area contributed by atoms with Crippen LogP contribution >= 0.6 is 12.2 Å². The fraction of sp³-hybridized carbons (Fsp3) is 0.381. The van der Waals surface area contributed by atoms with Crippen LogP contribution in [0.15, 0.2) is 36.4 Å². The van der Waals surface area contributed by atoms with Crippen molar-refractivity contribution in [3.8, 4) is 23.0 Å². The summed E-state index contributed by atoms with van der Waals surface area (Å²) in [5.41, 5.74) is 2.19. The van der Waals surface area contributed by atoms with Crippen LogP contribution in [-0.4, -0.2) is 25.1 Å². The van der Waals surface area contributed by atoms with E-state index in [2.05, 4.69) is 30.5 Å². The van der Waals surface area contributed by atoms with E-state index in [1.807, 2.05) is 30.3 Å². The van der Waals surface area contributed by atoms with Gasteiger partial charge in [-0.25, -0.2) is 0 Å². The second-order valence-corrected chi connectivity index (χ2v) is 7.55. The molecule has 0 saturated heterocycles. The van der Waals surface area contributed by atoms with Crippen LogP contribution in [0.2, 0.25) is 0 Å². The Balaban J connectivity index is 1.39. The average molecular weight is 401 g/mol. The highest BCUT2D eigenvalue weighted by Crippen LogP contribution is 2.34. The average Bonchev–Trinajstić information content (AvgIpc) is 3.18. The standard InChI is InChI=1S/C21H24N2O4S/c1-13(2)20(15-4-6-16-19(10-15)25-8-7-24-16)23-21(28)22-11-14-3-5-17-18(9-14)27-12-26-17/h3-6,9-10,13,20H,7-8,11-12H2,1-2H3,(H2,22,23,28)/t20-/m0/s1. The van der Waals surface area contributed by atoms with Crippen LogP contribution in [0.25, 0.3) is 0 Å². The Hall–Kier alpha value is -2.67. The highest BCUT2D eigenvalue weighted by atomic mass is 32.1. The van der Waals surface area contributed by atoms with Crippen molar-refractivity contribution >= 4 is 17.3 Å². The topological polar surface area (TPSA) is 61.0 Å². The van der Waals surface area contributed by atoms with E-state index in [9.17, 15) is 0 Å². The lowest BCUT2D eigenvalue weighted by Crippen LogP contribution is -2.39. The largest absolute Gasteiger partial charge is 0.486 e. The minimum absolute atomic E-state index is 0.0626. The SMILES string of the molecule is CC(C)[C@H](NC(=S)NCc1ccc2c(c1)OCO2)c1ccc2c(c1)OCCO2. The van der Waals surface area contributed by atoms with Gasteiger partial charge in [-0.3, -0.25) is 0 Å². The maximum atomic E-state index is 5.72. The van der Waals surface area contributed by atoms with E-state index in [4.69, 9.17) is 31.2 Å². The summed E-state index contributed by atoms with van der Waals surface area (Å²) in [5, 5.41) is 7.31. The molecule has 7 heteroatoms. The molecule has 0 spiro atoms. The molecular weight excluding hydrogens is 376 g/mol. The first-order chi connectivity index (χ1) is 13.6. The Kier molecular flexibility index (Phi) is 5.43. The molecule has 0 unspecified atom stereocenters.